The molecule has 3 unspecified atom stereocenters. The van der Waals surface area contributed by atoms with Gasteiger partial charge in [-0.15, -0.1) is 0 Å². The van der Waals surface area contributed by atoms with Gasteiger partial charge in [0.05, 0.1) is 6.10 Å². The van der Waals surface area contributed by atoms with Crippen LogP contribution in [-0.4, -0.2) is 64.0 Å². The standard InChI is InChI=1S/C14H25N3O3/c1-9(2)7-16-6-4-5-14(16)8-17(13(14)20)11(10(3)18)12(15)19/h9-11,18H,4-8H2,1-3H3,(H2,15,19). The van der Waals surface area contributed by atoms with E-state index in [1.54, 1.807) is 0 Å². The van der Waals surface area contributed by atoms with E-state index in [2.05, 4.69) is 18.7 Å². The average Bonchev–Trinajstić information content (AvgIpc) is 2.72. The summed E-state index contributed by atoms with van der Waals surface area (Å²) >= 11 is 0. The van der Waals surface area contributed by atoms with Crippen molar-refractivity contribution in [1.29, 1.82) is 0 Å². The molecule has 6 nitrogen and oxygen atoms in total. The lowest BCUT2D eigenvalue weighted by Gasteiger charge is -2.54. The summed E-state index contributed by atoms with van der Waals surface area (Å²) < 4.78 is 0. The van der Waals surface area contributed by atoms with Gasteiger partial charge in [-0.3, -0.25) is 14.5 Å². The monoisotopic (exact) mass is 283 g/mol. The Hall–Kier alpha value is -1.14. The lowest BCUT2D eigenvalue weighted by molar-refractivity contribution is -0.172. The van der Waals surface area contributed by atoms with Gasteiger partial charge < -0.3 is 15.7 Å². The van der Waals surface area contributed by atoms with Crippen LogP contribution in [0.3, 0.4) is 0 Å². The summed E-state index contributed by atoms with van der Waals surface area (Å²) in [4.78, 5) is 27.7. The number of aliphatic hydroxyl groups excluding tert-OH is 1. The number of hydrogen-bond acceptors (Lipinski definition) is 4. The van der Waals surface area contributed by atoms with E-state index in [4.69, 9.17) is 5.73 Å². The van der Waals surface area contributed by atoms with Crippen molar-refractivity contribution in [3.05, 3.63) is 0 Å². The van der Waals surface area contributed by atoms with Crippen molar-refractivity contribution >= 4 is 11.8 Å². The number of rotatable bonds is 5. The van der Waals surface area contributed by atoms with Gasteiger partial charge in [0.25, 0.3) is 0 Å². The highest BCUT2D eigenvalue weighted by Crippen LogP contribution is 2.40. The zero-order valence-corrected chi connectivity index (χ0v) is 12.5. The van der Waals surface area contributed by atoms with E-state index in [0.29, 0.717) is 12.5 Å². The maximum Gasteiger partial charge on any atom is 0.245 e. The topological polar surface area (TPSA) is 86.9 Å². The normalized spacial score (nSPS) is 29.9. The predicted octanol–water partition coefficient (Wildman–Crippen LogP) is -0.446. The predicted molar refractivity (Wildman–Crippen MR) is 74.8 cm³/mol. The molecular formula is C14H25N3O3. The minimum atomic E-state index is -0.936. The van der Waals surface area contributed by atoms with Gasteiger partial charge in [-0.05, 0) is 32.2 Å². The van der Waals surface area contributed by atoms with Gasteiger partial charge in [-0.2, -0.15) is 0 Å². The molecule has 0 bridgehead atoms. The van der Waals surface area contributed by atoms with Crippen LogP contribution in [0.2, 0.25) is 0 Å². The molecule has 2 amide bonds. The molecule has 0 aliphatic carbocycles. The SMILES string of the molecule is CC(C)CN1CCCC12CN(C(C(N)=O)C(C)O)C2=O. The molecule has 114 valence electrons. The van der Waals surface area contributed by atoms with E-state index < -0.39 is 23.6 Å². The fraction of sp³-hybridized carbons (Fsp3) is 0.857. The third-order valence-electron chi connectivity index (χ3n) is 4.38. The molecule has 6 heteroatoms. The fourth-order valence-corrected chi connectivity index (χ4v) is 3.54. The molecule has 0 aromatic rings. The van der Waals surface area contributed by atoms with Crippen molar-refractivity contribution in [2.45, 2.75) is 51.3 Å². The Morgan fingerprint density at radius 3 is 2.55 bits per heavy atom. The lowest BCUT2D eigenvalue weighted by atomic mass is 9.83. The Labute approximate surface area is 119 Å². The molecule has 0 aromatic heterocycles. The minimum Gasteiger partial charge on any atom is -0.391 e. The summed E-state index contributed by atoms with van der Waals surface area (Å²) in [5, 5.41) is 9.67. The zero-order chi connectivity index (χ0) is 15.1. The van der Waals surface area contributed by atoms with Crippen LogP contribution in [0.1, 0.15) is 33.6 Å². The summed E-state index contributed by atoms with van der Waals surface area (Å²) in [5.74, 6) is -0.201. The van der Waals surface area contributed by atoms with Gasteiger partial charge >= 0.3 is 0 Å². The van der Waals surface area contributed by atoms with Gasteiger partial charge in [0, 0.05) is 13.1 Å². The molecule has 2 fully saturated rings. The van der Waals surface area contributed by atoms with Crippen LogP contribution in [0.25, 0.3) is 0 Å². The van der Waals surface area contributed by atoms with E-state index in [0.717, 1.165) is 25.9 Å². The van der Waals surface area contributed by atoms with Crippen LogP contribution in [0.5, 0.6) is 0 Å². The first-order valence-corrected chi connectivity index (χ1v) is 7.33. The maximum absolute atomic E-state index is 12.6. The molecule has 2 aliphatic heterocycles. The number of carbonyl (C=O) groups is 2. The molecule has 0 saturated carbocycles. The van der Waals surface area contributed by atoms with Crippen LogP contribution in [-0.2, 0) is 9.59 Å². The molecule has 2 saturated heterocycles. The Morgan fingerprint density at radius 1 is 1.45 bits per heavy atom. The number of β-lactam (4-membered cyclic amide) rings is 1. The number of nitrogens with zero attached hydrogens (tertiary/aromatic N) is 2. The molecule has 3 N–H and O–H groups in total. The molecule has 0 radical (unpaired) electrons. The van der Waals surface area contributed by atoms with Gasteiger partial charge in [0.1, 0.15) is 11.6 Å². The van der Waals surface area contributed by atoms with Gasteiger partial charge in [-0.1, -0.05) is 13.8 Å². The first kappa shape index (κ1) is 15.3. The highest BCUT2D eigenvalue weighted by atomic mass is 16.3. The lowest BCUT2D eigenvalue weighted by Crippen LogP contribution is -2.76. The highest BCUT2D eigenvalue weighted by Gasteiger charge is 2.60. The molecule has 0 aromatic carbocycles. The number of carbonyl (C=O) groups excluding carboxylic acids is 2. The molecule has 20 heavy (non-hydrogen) atoms. The molecule has 2 rings (SSSR count). The summed E-state index contributed by atoms with van der Waals surface area (Å²) in [7, 11) is 0. The first-order valence-electron chi connectivity index (χ1n) is 7.33. The van der Waals surface area contributed by atoms with Crippen LogP contribution in [0, 0.1) is 5.92 Å². The molecule has 2 aliphatic rings. The molecule has 3 atom stereocenters. The quantitative estimate of drug-likeness (QED) is 0.669. The van der Waals surface area contributed by atoms with Crippen molar-refractivity contribution in [2.24, 2.45) is 11.7 Å². The van der Waals surface area contributed by atoms with E-state index in [9.17, 15) is 14.7 Å². The van der Waals surface area contributed by atoms with Crippen LogP contribution < -0.4 is 5.73 Å². The smallest absolute Gasteiger partial charge is 0.245 e. The Morgan fingerprint density at radius 2 is 2.10 bits per heavy atom. The summed E-state index contributed by atoms with van der Waals surface area (Å²) in [6.07, 6.45) is 0.900. The zero-order valence-electron chi connectivity index (χ0n) is 12.5. The van der Waals surface area contributed by atoms with Gasteiger partial charge in [0.15, 0.2) is 0 Å². The number of nitrogens with two attached hydrogens (primary N) is 1. The van der Waals surface area contributed by atoms with Crippen molar-refractivity contribution < 1.29 is 14.7 Å². The fourth-order valence-electron chi connectivity index (χ4n) is 3.54. The van der Waals surface area contributed by atoms with Gasteiger partial charge in [0.2, 0.25) is 11.8 Å². The second-order valence-electron chi connectivity index (χ2n) is 6.50. The number of hydrogen-bond donors (Lipinski definition) is 2. The summed E-state index contributed by atoms with van der Waals surface area (Å²) in [6, 6.07) is -0.908. The van der Waals surface area contributed by atoms with Crippen LogP contribution in [0.15, 0.2) is 0 Å². The van der Waals surface area contributed by atoms with E-state index in [1.165, 1.54) is 11.8 Å². The van der Waals surface area contributed by atoms with E-state index in [1.807, 2.05) is 0 Å². The van der Waals surface area contributed by atoms with Crippen molar-refractivity contribution in [3.63, 3.8) is 0 Å². The number of amides is 2. The summed E-state index contributed by atoms with van der Waals surface area (Å²) in [6.45, 7) is 8.07. The average molecular weight is 283 g/mol. The third kappa shape index (κ3) is 2.31. The highest BCUT2D eigenvalue weighted by molar-refractivity contribution is 5.97. The summed E-state index contributed by atoms with van der Waals surface area (Å²) in [5.41, 5.74) is 4.85. The molecule has 2 heterocycles. The number of aliphatic hydroxyl groups is 1. The van der Waals surface area contributed by atoms with Crippen LogP contribution >= 0.6 is 0 Å². The maximum atomic E-state index is 12.6. The van der Waals surface area contributed by atoms with E-state index in [-0.39, 0.29) is 5.91 Å². The Balaban J connectivity index is 2.12. The number of primary amides is 1. The first-order chi connectivity index (χ1) is 9.29. The van der Waals surface area contributed by atoms with Crippen molar-refractivity contribution in [1.82, 2.24) is 9.80 Å². The van der Waals surface area contributed by atoms with Crippen molar-refractivity contribution in [3.8, 4) is 0 Å². The largest absolute Gasteiger partial charge is 0.391 e. The molecular weight excluding hydrogens is 258 g/mol. The second kappa shape index (κ2) is 5.33. The number of likely N-dealkylation sites (tertiary alicyclic amines) is 2. The van der Waals surface area contributed by atoms with E-state index >= 15 is 0 Å². The molecule has 1 spiro atoms. The Kier molecular flexibility index (Phi) is 4.07. The minimum absolute atomic E-state index is 0.0552. The second-order valence-corrected chi connectivity index (χ2v) is 6.50. The van der Waals surface area contributed by atoms with Gasteiger partial charge in [-0.25, -0.2) is 0 Å². The third-order valence-corrected chi connectivity index (χ3v) is 4.38. The Bertz CT molecular complexity index is 410. The van der Waals surface area contributed by atoms with Crippen molar-refractivity contribution in [2.75, 3.05) is 19.6 Å². The van der Waals surface area contributed by atoms with Crippen LogP contribution in [0.4, 0.5) is 0 Å².